The second kappa shape index (κ2) is 5.98. The summed E-state index contributed by atoms with van der Waals surface area (Å²) >= 11 is 0. The lowest BCUT2D eigenvalue weighted by molar-refractivity contribution is -0.115. The van der Waals surface area contributed by atoms with Crippen molar-refractivity contribution in [2.24, 2.45) is 5.92 Å². The Kier molecular flexibility index (Phi) is 4.06. The van der Waals surface area contributed by atoms with Gasteiger partial charge in [0.1, 0.15) is 18.3 Å². The highest BCUT2D eigenvalue weighted by Crippen LogP contribution is 2.47. The molecule has 1 aromatic carbocycles. The van der Waals surface area contributed by atoms with Gasteiger partial charge in [0, 0.05) is 6.61 Å². The van der Waals surface area contributed by atoms with Crippen molar-refractivity contribution in [3.8, 4) is 0 Å². The third-order valence-corrected chi connectivity index (χ3v) is 4.55. The van der Waals surface area contributed by atoms with Gasteiger partial charge in [0.25, 0.3) is 0 Å². The molecular formula is C17H23N3O. The van der Waals surface area contributed by atoms with Gasteiger partial charge in [-0.3, -0.25) is 0 Å². The molecule has 1 fully saturated rings. The molecule has 4 nitrogen and oxygen atoms in total. The van der Waals surface area contributed by atoms with Gasteiger partial charge in [0.15, 0.2) is 0 Å². The number of hydrogen-bond acceptors (Lipinski definition) is 3. The molecule has 0 bridgehead atoms. The van der Waals surface area contributed by atoms with E-state index in [0.717, 1.165) is 25.9 Å². The van der Waals surface area contributed by atoms with Gasteiger partial charge >= 0.3 is 0 Å². The fraction of sp³-hybridized carbons (Fsp3) is 0.529. The summed E-state index contributed by atoms with van der Waals surface area (Å²) in [7, 11) is 0. The zero-order chi connectivity index (χ0) is 14.7. The van der Waals surface area contributed by atoms with Crippen molar-refractivity contribution in [1.82, 2.24) is 14.8 Å². The van der Waals surface area contributed by atoms with Crippen molar-refractivity contribution in [3.63, 3.8) is 0 Å². The van der Waals surface area contributed by atoms with Crippen LogP contribution in [0.15, 0.2) is 43.0 Å². The largest absolute Gasteiger partial charge is 0.368 e. The normalized spacial score (nSPS) is 26.7. The van der Waals surface area contributed by atoms with Gasteiger partial charge in [-0.1, -0.05) is 44.2 Å². The molecule has 2 atom stereocenters. The first-order chi connectivity index (χ1) is 10.2. The van der Waals surface area contributed by atoms with Crippen LogP contribution in [-0.4, -0.2) is 21.4 Å². The Labute approximate surface area is 126 Å². The predicted octanol–water partition coefficient (Wildman–Crippen LogP) is 3.57. The van der Waals surface area contributed by atoms with Crippen LogP contribution in [0.1, 0.15) is 44.7 Å². The third-order valence-electron chi connectivity index (χ3n) is 4.55. The fourth-order valence-corrected chi connectivity index (χ4v) is 3.56. The lowest BCUT2D eigenvalue weighted by Gasteiger charge is -2.43. The summed E-state index contributed by atoms with van der Waals surface area (Å²) in [4.78, 5) is 4.14. The van der Waals surface area contributed by atoms with Crippen LogP contribution in [0.25, 0.3) is 0 Å². The average molecular weight is 285 g/mol. The molecule has 0 amide bonds. The van der Waals surface area contributed by atoms with Crippen molar-refractivity contribution in [2.75, 3.05) is 6.61 Å². The SMILES string of the molecule is CC(C)C1(c2ccccc2)OCCCCC1n1cncn1. The molecular weight excluding hydrogens is 262 g/mol. The van der Waals surface area contributed by atoms with Gasteiger partial charge in [0.2, 0.25) is 0 Å². The van der Waals surface area contributed by atoms with Crippen LogP contribution < -0.4 is 0 Å². The maximum absolute atomic E-state index is 6.49. The first-order valence-corrected chi connectivity index (χ1v) is 7.78. The molecule has 1 aromatic heterocycles. The Balaban J connectivity index is 2.13. The molecule has 1 saturated heterocycles. The average Bonchev–Trinajstić information content (AvgIpc) is 2.93. The summed E-state index contributed by atoms with van der Waals surface area (Å²) in [5.74, 6) is 0.354. The first kappa shape index (κ1) is 14.3. The third kappa shape index (κ3) is 2.48. The molecule has 0 radical (unpaired) electrons. The van der Waals surface area contributed by atoms with Gasteiger partial charge < -0.3 is 4.74 Å². The predicted molar refractivity (Wildman–Crippen MR) is 81.8 cm³/mol. The zero-order valence-electron chi connectivity index (χ0n) is 12.8. The Morgan fingerprint density at radius 2 is 2.05 bits per heavy atom. The van der Waals surface area contributed by atoms with E-state index >= 15 is 0 Å². The Morgan fingerprint density at radius 3 is 2.71 bits per heavy atom. The minimum atomic E-state index is -0.342. The monoisotopic (exact) mass is 285 g/mol. The van der Waals surface area contributed by atoms with Crippen molar-refractivity contribution in [3.05, 3.63) is 48.5 Å². The van der Waals surface area contributed by atoms with Crippen molar-refractivity contribution >= 4 is 0 Å². The molecule has 2 unspecified atom stereocenters. The number of nitrogens with zero attached hydrogens (tertiary/aromatic N) is 3. The van der Waals surface area contributed by atoms with Crippen LogP contribution in [0.5, 0.6) is 0 Å². The van der Waals surface area contributed by atoms with Crippen LogP contribution in [0.4, 0.5) is 0 Å². The lowest BCUT2D eigenvalue weighted by Crippen LogP contribution is -2.43. The van der Waals surface area contributed by atoms with Gasteiger partial charge in [-0.05, 0) is 30.7 Å². The second-order valence-corrected chi connectivity index (χ2v) is 6.05. The van der Waals surface area contributed by atoms with Gasteiger partial charge in [-0.15, -0.1) is 0 Å². The molecule has 1 aliphatic heterocycles. The summed E-state index contributed by atoms with van der Waals surface area (Å²) in [6, 6.07) is 10.8. The molecule has 0 saturated carbocycles. The Bertz CT molecular complexity index is 553. The first-order valence-electron chi connectivity index (χ1n) is 7.78. The van der Waals surface area contributed by atoms with E-state index in [-0.39, 0.29) is 11.6 Å². The number of benzene rings is 1. The molecule has 2 heterocycles. The van der Waals surface area contributed by atoms with Gasteiger partial charge in [-0.25, -0.2) is 9.67 Å². The maximum Gasteiger partial charge on any atom is 0.137 e. The van der Waals surface area contributed by atoms with Crippen molar-refractivity contribution in [1.29, 1.82) is 0 Å². The summed E-state index contributed by atoms with van der Waals surface area (Å²) in [6.45, 7) is 5.28. The summed E-state index contributed by atoms with van der Waals surface area (Å²) in [6.07, 6.45) is 6.76. The highest BCUT2D eigenvalue weighted by atomic mass is 16.5. The maximum atomic E-state index is 6.49. The lowest BCUT2D eigenvalue weighted by atomic mass is 9.76. The van der Waals surface area contributed by atoms with Crippen LogP contribution in [0.2, 0.25) is 0 Å². The van der Waals surface area contributed by atoms with Crippen LogP contribution in [0, 0.1) is 5.92 Å². The van der Waals surface area contributed by atoms with Crippen LogP contribution in [-0.2, 0) is 10.3 Å². The van der Waals surface area contributed by atoms with E-state index in [1.54, 1.807) is 6.33 Å². The molecule has 0 aliphatic carbocycles. The van der Waals surface area contributed by atoms with E-state index in [2.05, 4.69) is 54.3 Å². The molecule has 4 heteroatoms. The molecule has 112 valence electrons. The molecule has 2 aromatic rings. The minimum absolute atomic E-state index is 0.185. The molecule has 3 rings (SSSR count). The number of ether oxygens (including phenoxy) is 1. The number of rotatable bonds is 3. The fourth-order valence-electron chi connectivity index (χ4n) is 3.56. The molecule has 0 N–H and O–H groups in total. The number of hydrogen-bond donors (Lipinski definition) is 0. The van der Waals surface area contributed by atoms with E-state index in [1.807, 2.05) is 11.0 Å². The van der Waals surface area contributed by atoms with E-state index in [9.17, 15) is 0 Å². The summed E-state index contributed by atoms with van der Waals surface area (Å²) < 4.78 is 8.47. The minimum Gasteiger partial charge on any atom is -0.368 e. The highest BCUT2D eigenvalue weighted by Gasteiger charge is 2.46. The summed E-state index contributed by atoms with van der Waals surface area (Å²) in [5, 5.41) is 4.41. The quantitative estimate of drug-likeness (QED) is 0.865. The molecule has 0 spiro atoms. The van der Waals surface area contributed by atoms with Gasteiger partial charge in [-0.2, -0.15) is 5.10 Å². The molecule has 1 aliphatic rings. The Morgan fingerprint density at radius 1 is 1.24 bits per heavy atom. The van der Waals surface area contributed by atoms with Crippen molar-refractivity contribution < 1.29 is 4.74 Å². The summed E-state index contributed by atoms with van der Waals surface area (Å²) in [5.41, 5.74) is 0.897. The van der Waals surface area contributed by atoms with Crippen LogP contribution in [0.3, 0.4) is 0 Å². The Hall–Kier alpha value is -1.68. The highest BCUT2D eigenvalue weighted by molar-refractivity contribution is 5.25. The topological polar surface area (TPSA) is 39.9 Å². The van der Waals surface area contributed by atoms with E-state index in [4.69, 9.17) is 4.74 Å². The van der Waals surface area contributed by atoms with E-state index < -0.39 is 0 Å². The molecule has 21 heavy (non-hydrogen) atoms. The number of aromatic nitrogens is 3. The van der Waals surface area contributed by atoms with E-state index in [0.29, 0.717) is 5.92 Å². The van der Waals surface area contributed by atoms with Crippen molar-refractivity contribution in [2.45, 2.75) is 44.8 Å². The second-order valence-electron chi connectivity index (χ2n) is 6.05. The van der Waals surface area contributed by atoms with Crippen LogP contribution >= 0.6 is 0 Å². The zero-order valence-corrected chi connectivity index (χ0v) is 12.8. The standard InChI is InChI=1S/C17H23N3O/c1-14(2)17(15-8-4-3-5-9-15)16(10-6-7-11-21-17)20-13-18-12-19-20/h3-5,8-9,12-14,16H,6-7,10-11H2,1-2H3. The smallest absolute Gasteiger partial charge is 0.137 e. The van der Waals surface area contributed by atoms with Gasteiger partial charge in [0.05, 0.1) is 6.04 Å². The van der Waals surface area contributed by atoms with E-state index in [1.165, 1.54) is 5.56 Å².